The summed E-state index contributed by atoms with van der Waals surface area (Å²) in [4.78, 5) is 16.5. The summed E-state index contributed by atoms with van der Waals surface area (Å²) in [5.74, 6) is 0.361. The molecule has 1 N–H and O–H groups in total. The standard InChI is InChI=1S/C19H20ClNO2/c1-3-23-18(22)19(2)12-6-4-11(5-7-12)17-16(19)14-10-13(20)8-9-15(14)21-17/h4,6,8-12,21H,3,5,7H2,1-2H3/t11-,12+,19+/m0/s1. The molecule has 2 aromatic rings. The molecular formula is C19H20ClNO2. The Balaban J connectivity index is 2.05. The zero-order valence-electron chi connectivity index (χ0n) is 13.4. The number of benzene rings is 1. The highest BCUT2D eigenvalue weighted by molar-refractivity contribution is 6.31. The predicted octanol–water partition coefficient (Wildman–Crippen LogP) is 4.71. The van der Waals surface area contributed by atoms with Gasteiger partial charge in [-0.15, -0.1) is 0 Å². The third-order valence-electron chi connectivity index (χ3n) is 5.49. The molecular weight excluding hydrogens is 310 g/mol. The maximum Gasteiger partial charge on any atom is 0.316 e. The fourth-order valence-corrected chi connectivity index (χ4v) is 4.46. The Kier molecular flexibility index (Phi) is 3.31. The fourth-order valence-electron chi connectivity index (χ4n) is 4.28. The van der Waals surface area contributed by atoms with Crippen LogP contribution in [0.25, 0.3) is 10.9 Å². The lowest BCUT2D eigenvalue weighted by atomic mass is 9.70. The number of fused-ring (bicyclic) bond motifs is 2. The second-order valence-corrected chi connectivity index (χ2v) is 7.14. The maximum absolute atomic E-state index is 12.9. The van der Waals surface area contributed by atoms with Crippen LogP contribution in [0, 0.1) is 5.92 Å². The molecule has 0 fully saturated rings. The summed E-state index contributed by atoms with van der Waals surface area (Å²) < 4.78 is 5.48. The molecule has 3 nitrogen and oxygen atoms in total. The predicted molar refractivity (Wildman–Crippen MR) is 91.9 cm³/mol. The number of nitrogens with one attached hydrogen (secondary N) is 1. The molecule has 0 saturated heterocycles. The Bertz CT molecular complexity index is 822. The lowest BCUT2D eigenvalue weighted by Gasteiger charge is -2.33. The number of rotatable bonds is 2. The van der Waals surface area contributed by atoms with E-state index in [1.807, 2.05) is 32.0 Å². The molecule has 3 aliphatic rings. The van der Waals surface area contributed by atoms with Crippen LogP contribution in [0.2, 0.25) is 5.02 Å². The van der Waals surface area contributed by atoms with Gasteiger partial charge in [0.25, 0.3) is 0 Å². The summed E-state index contributed by atoms with van der Waals surface area (Å²) in [5.41, 5.74) is 2.59. The first kappa shape index (κ1) is 14.8. The van der Waals surface area contributed by atoms with Gasteiger partial charge in [-0.2, -0.15) is 0 Å². The summed E-state index contributed by atoms with van der Waals surface area (Å²) in [7, 11) is 0. The zero-order chi connectivity index (χ0) is 16.2. The number of carbonyl (C=O) groups is 1. The molecule has 0 amide bonds. The number of carbonyl (C=O) groups excluding carboxylic acids is 1. The number of aromatic nitrogens is 1. The summed E-state index contributed by atoms with van der Waals surface area (Å²) in [6.45, 7) is 4.28. The average molecular weight is 330 g/mol. The zero-order valence-corrected chi connectivity index (χ0v) is 14.1. The van der Waals surface area contributed by atoms with E-state index in [0.717, 1.165) is 35.0 Å². The molecule has 3 aliphatic carbocycles. The molecule has 0 spiro atoms. The first-order valence-corrected chi connectivity index (χ1v) is 8.60. The molecule has 0 radical (unpaired) electrons. The van der Waals surface area contributed by atoms with Crippen LogP contribution >= 0.6 is 11.6 Å². The first-order valence-electron chi connectivity index (χ1n) is 8.22. The van der Waals surface area contributed by atoms with Gasteiger partial charge < -0.3 is 9.72 Å². The summed E-state index contributed by atoms with van der Waals surface area (Å²) in [6, 6.07) is 5.85. The Morgan fingerprint density at radius 1 is 1.39 bits per heavy atom. The minimum absolute atomic E-state index is 0.140. The van der Waals surface area contributed by atoms with Gasteiger partial charge >= 0.3 is 5.97 Å². The quantitative estimate of drug-likeness (QED) is 0.640. The van der Waals surface area contributed by atoms with Crippen LogP contribution in [0.4, 0.5) is 0 Å². The molecule has 1 aromatic heterocycles. The van der Waals surface area contributed by atoms with Crippen LogP contribution in [0.1, 0.15) is 43.9 Å². The first-order chi connectivity index (χ1) is 11.1. The van der Waals surface area contributed by atoms with Crippen LogP contribution in [-0.2, 0) is 14.9 Å². The highest BCUT2D eigenvalue weighted by Crippen LogP contribution is 2.51. The second kappa shape index (κ2) is 5.13. The molecule has 2 bridgehead atoms. The van der Waals surface area contributed by atoms with Gasteiger partial charge in [0.15, 0.2) is 0 Å². The van der Waals surface area contributed by atoms with Crippen LogP contribution in [-0.4, -0.2) is 17.6 Å². The normalized spacial score (nSPS) is 28.7. The van der Waals surface area contributed by atoms with Gasteiger partial charge in [0.2, 0.25) is 0 Å². The van der Waals surface area contributed by atoms with Crippen molar-refractivity contribution >= 4 is 28.5 Å². The smallest absolute Gasteiger partial charge is 0.316 e. The molecule has 1 heterocycles. The van der Waals surface area contributed by atoms with Gasteiger partial charge in [0.05, 0.1) is 12.0 Å². The monoisotopic (exact) mass is 329 g/mol. The van der Waals surface area contributed by atoms with Gasteiger partial charge in [-0.25, -0.2) is 0 Å². The van der Waals surface area contributed by atoms with Crippen molar-refractivity contribution in [1.82, 2.24) is 4.98 Å². The highest BCUT2D eigenvalue weighted by Gasteiger charge is 2.50. The van der Waals surface area contributed by atoms with E-state index in [4.69, 9.17) is 16.3 Å². The second-order valence-electron chi connectivity index (χ2n) is 6.70. The molecule has 0 unspecified atom stereocenters. The van der Waals surface area contributed by atoms with E-state index in [1.165, 1.54) is 0 Å². The number of hydrogen-bond acceptors (Lipinski definition) is 2. The molecule has 0 aliphatic heterocycles. The lowest BCUT2D eigenvalue weighted by Crippen LogP contribution is -2.40. The topological polar surface area (TPSA) is 42.1 Å². The Morgan fingerprint density at radius 2 is 2.22 bits per heavy atom. The molecule has 120 valence electrons. The Hall–Kier alpha value is -1.74. The molecule has 0 saturated carbocycles. The van der Waals surface area contributed by atoms with E-state index in [0.29, 0.717) is 17.5 Å². The summed E-state index contributed by atoms with van der Waals surface area (Å²) >= 11 is 6.24. The third-order valence-corrected chi connectivity index (χ3v) is 5.72. The van der Waals surface area contributed by atoms with E-state index < -0.39 is 5.41 Å². The third kappa shape index (κ3) is 1.99. The summed E-state index contributed by atoms with van der Waals surface area (Å²) in [6.07, 6.45) is 6.51. The van der Waals surface area contributed by atoms with Gasteiger partial charge in [0.1, 0.15) is 0 Å². The Labute approximate surface area is 140 Å². The number of H-pyrrole nitrogens is 1. The number of hydrogen-bond donors (Lipinski definition) is 1. The number of aromatic amines is 1. The van der Waals surface area contributed by atoms with Crippen molar-refractivity contribution in [2.45, 2.75) is 38.0 Å². The van der Waals surface area contributed by atoms with Crippen molar-refractivity contribution in [3.63, 3.8) is 0 Å². The van der Waals surface area contributed by atoms with Crippen LogP contribution < -0.4 is 0 Å². The minimum atomic E-state index is -0.671. The number of halogens is 1. The van der Waals surface area contributed by atoms with Crippen molar-refractivity contribution in [2.24, 2.45) is 5.92 Å². The van der Waals surface area contributed by atoms with E-state index in [2.05, 4.69) is 17.1 Å². The largest absolute Gasteiger partial charge is 0.465 e. The van der Waals surface area contributed by atoms with E-state index in [9.17, 15) is 4.79 Å². The Morgan fingerprint density at radius 3 is 2.91 bits per heavy atom. The van der Waals surface area contributed by atoms with Crippen molar-refractivity contribution in [2.75, 3.05) is 6.61 Å². The maximum atomic E-state index is 12.9. The molecule has 4 heteroatoms. The summed E-state index contributed by atoms with van der Waals surface area (Å²) in [5, 5.41) is 1.73. The van der Waals surface area contributed by atoms with Crippen molar-refractivity contribution in [3.05, 3.63) is 46.6 Å². The molecule has 23 heavy (non-hydrogen) atoms. The van der Waals surface area contributed by atoms with Gasteiger partial charge in [-0.1, -0.05) is 23.8 Å². The number of allylic oxidation sites excluding steroid dienone is 2. The van der Waals surface area contributed by atoms with Crippen molar-refractivity contribution in [1.29, 1.82) is 0 Å². The molecule has 3 atom stereocenters. The van der Waals surface area contributed by atoms with Crippen molar-refractivity contribution < 1.29 is 9.53 Å². The SMILES string of the molecule is CCOC(=O)[C@@]1(C)c2c([nH]c3ccc(Cl)cc23)[C@H]2C=C[C@@H]1CC2. The van der Waals surface area contributed by atoms with E-state index in [1.54, 1.807) is 0 Å². The molecule has 5 rings (SSSR count). The van der Waals surface area contributed by atoms with E-state index in [-0.39, 0.29) is 11.9 Å². The minimum Gasteiger partial charge on any atom is -0.465 e. The van der Waals surface area contributed by atoms with Gasteiger partial charge in [-0.3, -0.25) is 4.79 Å². The van der Waals surface area contributed by atoms with Gasteiger partial charge in [-0.05, 0) is 56.4 Å². The van der Waals surface area contributed by atoms with Crippen molar-refractivity contribution in [3.8, 4) is 0 Å². The highest BCUT2D eigenvalue weighted by atomic mass is 35.5. The fraction of sp³-hybridized carbons (Fsp3) is 0.421. The van der Waals surface area contributed by atoms with Crippen LogP contribution in [0.5, 0.6) is 0 Å². The lowest BCUT2D eigenvalue weighted by molar-refractivity contribution is -0.151. The van der Waals surface area contributed by atoms with E-state index >= 15 is 0 Å². The van der Waals surface area contributed by atoms with Gasteiger partial charge in [0, 0.05) is 27.5 Å². The number of ether oxygens (including phenoxy) is 1. The average Bonchev–Trinajstić information content (AvgIpc) is 2.83. The molecule has 1 aromatic carbocycles. The number of esters is 1. The van der Waals surface area contributed by atoms with Crippen LogP contribution in [0.3, 0.4) is 0 Å². The van der Waals surface area contributed by atoms with Crippen LogP contribution in [0.15, 0.2) is 30.4 Å².